The Bertz CT molecular complexity index is 727. The van der Waals surface area contributed by atoms with E-state index in [4.69, 9.17) is 4.99 Å². The molecule has 1 heterocycles. The summed E-state index contributed by atoms with van der Waals surface area (Å²) in [6.45, 7) is 3.23. The van der Waals surface area contributed by atoms with Crippen molar-refractivity contribution in [2.45, 2.75) is 50.6 Å². The fourth-order valence-electron chi connectivity index (χ4n) is 3.15. The first-order chi connectivity index (χ1) is 12.7. The molecule has 2 N–H and O–H groups in total. The van der Waals surface area contributed by atoms with Gasteiger partial charge in [-0.25, -0.2) is 4.99 Å². The van der Waals surface area contributed by atoms with Crippen molar-refractivity contribution in [2.75, 3.05) is 6.26 Å². The fraction of sp³-hybridized carbons (Fsp3) is 0.526. The third-order valence-corrected chi connectivity index (χ3v) is 6.01. The van der Waals surface area contributed by atoms with Gasteiger partial charge >= 0.3 is 0 Å². The van der Waals surface area contributed by atoms with Crippen LogP contribution in [0.15, 0.2) is 35.3 Å². The summed E-state index contributed by atoms with van der Waals surface area (Å²) in [6, 6.07) is 10.8. The largest absolute Gasteiger partial charge is 0.354 e. The molecule has 3 rings (SSSR count). The first-order valence-corrected chi connectivity index (χ1v) is 10.4. The van der Waals surface area contributed by atoms with Crippen LogP contribution < -0.4 is 10.6 Å². The minimum atomic E-state index is 0.482. The standard InChI is InChI=1S/C19H28N6S/c1-14-23-24-18(25(14)2)13-21-19(20-12-15-7-5-4-6-8-15)22-16-9-10-17(11-16)26-3/h4-8,16-17H,9-13H2,1-3H3,(H2,20,21,22). The van der Waals surface area contributed by atoms with Crippen LogP contribution in [-0.2, 0) is 20.1 Å². The topological polar surface area (TPSA) is 67.1 Å². The Labute approximate surface area is 159 Å². The average Bonchev–Trinajstić information content (AvgIpc) is 3.25. The summed E-state index contributed by atoms with van der Waals surface area (Å²) in [7, 11) is 1.99. The van der Waals surface area contributed by atoms with Crippen molar-refractivity contribution in [3.05, 3.63) is 47.5 Å². The molecule has 1 aromatic carbocycles. The summed E-state index contributed by atoms with van der Waals surface area (Å²) in [4.78, 5) is 4.79. The number of nitrogens with zero attached hydrogens (tertiary/aromatic N) is 4. The lowest BCUT2D eigenvalue weighted by atomic mass is 10.2. The average molecular weight is 373 g/mol. The molecule has 2 aromatic rings. The van der Waals surface area contributed by atoms with Crippen LogP contribution in [0.4, 0.5) is 0 Å². The number of aliphatic imine (C=N–C) groups is 1. The Kier molecular flexibility index (Phi) is 6.55. The van der Waals surface area contributed by atoms with Crippen molar-refractivity contribution >= 4 is 17.7 Å². The lowest BCUT2D eigenvalue weighted by Gasteiger charge is -2.18. The third-order valence-electron chi connectivity index (χ3n) is 4.92. The van der Waals surface area contributed by atoms with E-state index >= 15 is 0 Å². The summed E-state index contributed by atoms with van der Waals surface area (Å²) in [6.07, 6.45) is 5.86. The number of benzene rings is 1. The monoisotopic (exact) mass is 372 g/mol. The van der Waals surface area contributed by atoms with Gasteiger partial charge in [-0.15, -0.1) is 10.2 Å². The molecule has 1 aliphatic carbocycles. The predicted molar refractivity (Wildman–Crippen MR) is 108 cm³/mol. The first kappa shape index (κ1) is 18.8. The maximum absolute atomic E-state index is 4.79. The zero-order valence-corrected chi connectivity index (χ0v) is 16.6. The van der Waals surface area contributed by atoms with Gasteiger partial charge in [-0.2, -0.15) is 11.8 Å². The molecule has 0 spiro atoms. The maximum Gasteiger partial charge on any atom is 0.192 e. The second-order valence-electron chi connectivity index (χ2n) is 6.74. The van der Waals surface area contributed by atoms with Crippen LogP contribution >= 0.6 is 11.8 Å². The fourth-order valence-corrected chi connectivity index (χ4v) is 3.95. The van der Waals surface area contributed by atoms with Gasteiger partial charge in [-0.1, -0.05) is 30.3 Å². The van der Waals surface area contributed by atoms with Crippen molar-refractivity contribution in [2.24, 2.45) is 12.0 Å². The van der Waals surface area contributed by atoms with Crippen LogP contribution in [-0.4, -0.2) is 38.3 Å². The zero-order chi connectivity index (χ0) is 18.4. The van der Waals surface area contributed by atoms with Crippen LogP contribution in [0.2, 0.25) is 0 Å². The zero-order valence-electron chi connectivity index (χ0n) is 15.8. The summed E-state index contributed by atoms with van der Waals surface area (Å²) in [5.41, 5.74) is 1.21. The second-order valence-corrected chi connectivity index (χ2v) is 7.88. The molecule has 1 saturated carbocycles. The van der Waals surface area contributed by atoms with Gasteiger partial charge in [0.2, 0.25) is 0 Å². The molecule has 7 heteroatoms. The molecule has 2 atom stereocenters. The van der Waals surface area contributed by atoms with Gasteiger partial charge in [-0.3, -0.25) is 0 Å². The van der Waals surface area contributed by atoms with Crippen molar-refractivity contribution < 1.29 is 0 Å². The molecule has 1 aliphatic rings. The molecule has 26 heavy (non-hydrogen) atoms. The molecule has 0 aliphatic heterocycles. The summed E-state index contributed by atoms with van der Waals surface area (Å²) in [5.74, 6) is 2.67. The van der Waals surface area contributed by atoms with Gasteiger partial charge in [-0.05, 0) is 38.0 Å². The summed E-state index contributed by atoms with van der Waals surface area (Å²) < 4.78 is 2.00. The molecule has 2 unspecified atom stereocenters. The van der Waals surface area contributed by atoms with E-state index in [-0.39, 0.29) is 0 Å². The van der Waals surface area contributed by atoms with Crippen LogP contribution in [0.3, 0.4) is 0 Å². The number of guanidine groups is 1. The summed E-state index contributed by atoms with van der Waals surface area (Å²) >= 11 is 1.97. The van der Waals surface area contributed by atoms with Crippen LogP contribution in [0.1, 0.15) is 36.5 Å². The van der Waals surface area contributed by atoms with E-state index in [9.17, 15) is 0 Å². The van der Waals surface area contributed by atoms with Crippen molar-refractivity contribution in [3.8, 4) is 0 Å². The highest BCUT2D eigenvalue weighted by molar-refractivity contribution is 7.99. The van der Waals surface area contributed by atoms with Crippen molar-refractivity contribution in [1.82, 2.24) is 25.4 Å². The molecule has 1 fully saturated rings. The normalized spacial score (nSPS) is 20.3. The Morgan fingerprint density at radius 1 is 1.27 bits per heavy atom. The Balaban J connectivity index is 1.65. The van der Waals surface area contributed by atoms with Gasteiger partial charge in [0.15, 0.2) is 11.8 Å². The van der Waals surface area contributed by atoms with E-state index in [1.54, 1.807) is 0 Å². The third kappa shape index (κ3) is 5.00. The van der Waals surface area contributed by atoms with E-state index in [0.717, 1.165) is 22.9 Å². The van der Waals surface area contributed by atoms with Crippen LogP contribution in [0, 0.1) is 6.92 Å². The SMILES string of the molecule is CSC1CCC(NC(=NCc2ccccc2)NCc2nnc(C)n2C)C1. The highest BCUT2D eigenvalue weighted by Gasteiger charge is 2.24. The molecule has 0 amide bonds. The predicted octanol–water partition coefficient (Wildman–Crippen LogP) is 2.64. The smallest absolute Gasteiger partial charge is 0.192 e. The van der Waals surface area contributed by atoms with E-state index < -0.39 is 0 Å². The van der Waals surface area contributed by atoms with Gasteiger partial charge in [0.1, 0.15) is 5.82 Å². The number of nitrogens with one attached hydrogen (secondary N) is 2. The highest BCUT2D eigenvalue weighted by Crippen LogP contribution is 2.28. The number of hydrogen-bond donors (Lipinski definition) is 2. The number of thioether (sulfide) groups is 1. The Hall–Kier alpha value is -2.02. The molecule has 1 aromatic heterocycles. The number of aromatic nitrogens is 3. The highest BCUT2D eigenvalue weighted by atomic mass is 32.2. The lowest BCUT2D eigenvalue weighted by molar-refractivity contribution is 0.607. The molecule has 140 valence electrons. The van der Waals surface area contributed by atoms with Gasteiger partial charge in [0.25, 0.3) is 0 Å². The number of rotatable bonds is 6. The molecule has 0 radical (unpaired) electrons. The molecular formula is C19H28N6S. The van der Waals surface area contributed by atoms with E-state index in [1.165, 1.54) is 24.8 Å². The van der Waals surface area contributed by atoms with E-state index in [2.05, 4.69) is 39.2 Å². The quantitative estimate of drug-likeness (QED) is 0.603. The van der Waals surface area contributed by atoms with E-state index in [1.807, 2.05) is 48.5 Å². The number of aryl methyl sites for hydroxylation is 1. The molecular weight excluding hydrogens is 344 g/mol. The molecule has 0 bridgehead atoms. The summed E-state index contributed by atoms with van der Waals surface area (Å²) in [5, 5.41) is 16.1. The van der Waals surface area contributed by atoms with Gasteiger partial charge in [0.05, 0.1) is 13.1 Å². The van der Waals surface area contributed by atoms with Crippen molar-refractivity contribution in [3.63, 3.8) is 0 Å². The Morgan fingerprint density at radius 3 is 2.73 bits per heavy atom. The minimum Gasteiger partial charge on any atom is -0.354 e. The Morgan fingerprint density at radius 2 is 2.08 bits per heavy atom. The van der Waals surface area contributed by atoms with E-state index in [0.29, 0.717) is 19.1 Å². The first-order valence-electron chi connectivity index (χ1n) is 9.12. The van der Waals surface area contributed by atoms with Crippen molar-refractivity contribution in [1.29, 1.82) is 0 Å². The van der Waals surface area contributed by atoms with Gasteiger partial charge in [0, 0.05) is 18.3 Å². The molecule has 6 nitrogen and oxygen atoms in total. The van der Waals surface area contributed by atoms with Crippen LogP contribution in [0.5, 0.6) is 0 Å². The number of hydrogen-bond acceptors (Lipinski definition) is 4. The van der Waals surface area contributed by atoms with Crippen LogP contribution in [0.25, 0.3) is 0 Å². The second kappa shape index (κ2) is 9.07. The van der Waals surface area contributed by atoms with Gasteiger partial charge < -0.3 is 15.2 Å². The lowest BCUT2D eigenvalue weighted by Crippen LogP contribution is -2.42. The minimum absolute atomic E-state index is 0.482. The maximum atomic E-state index is 4.79. The molecule has 0 saturated heterocycles.